The summed E-state index contributed by atoms with van der Waals surface area (Å²) >= 11 is 0. The number of hydrogen-bond donors (Lipinski definition) is 1. The summed E-state index contributed by atoms with van der Waals surface area (Å²) in [5.74, 6) is 2.06. The second kappa shape index (κ2) is 4.53. The molecule has 2 heteroatoms. The average Bonchev–Trinajstić information content (AvgIpc) is 3.08. The molecule has 0 bridgehead atoms. The van der Waals surface area contributed by atoms with Crippen molar-refractivity contribution in [2.24, 2.45) is 5.92 Å². The number of benzene rings is 1. The van der Waals surface area contributed by atoms with Crippen molar-refractivity contribution in [2.45, 2.75) is 31.7 Å². The minimum absolute atomic E-state index is 0.364. The maximum absolute atomic E-state index is 5.91. The van der Waals surface area contributed by atoms with Gasteiger partial charge in [-0.3, -0.25) is 0 Å². The highest BCUT2D eigenvalue weighted by atomic mass is 16.3. The summed E-state index contributed by atoms with van der Waals surface area (Å²) < 4.78 is 5.91. The van der Waals surface area contributed by atoms with Crippen LogP contribution in [0.15, 0.2) is 34.7 Å². The molecular formula is C15H19NO. The van der Waals surface area contributed by atoms with Gasteiger partial charge < -0.3 is 9.73 Å². The topological polar surface area (TPSA) is 25.2 Å². The van der Waals surface area contributed by atoms with Crippen molar-refractivity contribution in [3.63, 3.8) is 0 Å². The van der Waals surface area contributed by atoms with Crippen LogP contribution in [-0.2, 0) is 0 Å². The molecule has 1 aromatic carbocycles. The van der Waals surface area contributed by atoms with Gasteiger partial charge in [-0.1, -0.05) is 31.0 Å². The first kappa shape index (κ1) is 10.8. The molecule has 0 amide bonds. The van der Waals surface area contributed by atoms with Crippen LogP contribution in [-0.4, -0.2) is 7.05 Å². The summed E-state index contributed by atoms with van der Waals surface area (Å²) in [4.78, 5) is 0. The molecule has 1 aliphatic rings. The van der Waals surface area contributed by atoms with E-state index in [0.717, 1.165) is 17.3 Å². The molecule has 17 heavy (non-hydrogen) atoms. The zero-order chi connectivity index (χ0) is 11.7. The fourth-order valence-corrected chi connectivity index (χ4v) is 2.41. The molecule has 1 aliphatic carbocycles. The minimum atomic E-state index is 0.364. The van der Waals surface area contributed by atoms with Crippen LogP contribution in [0.3, 0.4) is 0 Å². The van der Waals surface area contributed by atoms with Crippen LogP contribution < -0.4 is 5.32 Å². The Labute approximate surface area is 102 Å². The average molecular weight is 229 g/mol. The molecule has 1 heterocycles. The zero-order valence-electron chi connectivity index (χ0n) is 10.3. The molecule has 3 rings (SSSR count). The number of para-hydroxylation sites is 1. The summed E-state index contributed by atoms with van der Waals surface area (Å²) in [6.45, 7) is 0. The molecule has 1 fully saturated rings. The van der Waals surface area contributed by atoms with E-state index in [0.29, 0.717) is 6.04 Å². The molecule has 1 saturated carbocycles. The first-order valence-electron chi connectivity index (χ1n) is 6.52. The highest BCUT2D eigenvalue weighted by molar-refractivity contribution is 5.77. The molecule has 0 radical (unpaired) electrons. The van der Waals surface area contributed by atoms with E-state index in [1.165, 1.54) is 31.1 Å². The Morgan fingerprint density at radius 2 is 2.18 bits per heavy atom. The predicted octanol–water partition coefficient (Wildman–Crippen LogP) is 3.88. The van der Waals surface area contributed by atoms with Crippen molar-refractivity contribution in [3.05, 3.63) is 36.1 Å². The predicted molar refractivity (Wildman–Crippen MR) is 70.0 cm³/mol. The van der Waals surface area contributed by atoms with Gasteiger partial charge in [0.05, 0.1) is 6.04 Å². The van der Waals surface area contributed by atoms with Crippen molar-refractivity contribution in [2.75, 3.05) is 7.05 Å². The molecule has 1 N–H and O–H groups in total. The first-order valence-corrected chi connectivity index (χ1v) is 6.52. The monoisotopic (exact) mass is 229 g/mol. The molecule has 0 spiro atoms. The van der Waals surface area contributed by atoms with Crippen molar-refractivity contribution >= 4 is 11.0 Å². The lowest BCUT2D eigenvalue weighted by atomic mass is 10.1. The largest absolute Gasteiger partial charge is 0.459 e. The third kappa shape index (κ3) is 2.37. The smallest absolute Gasteiger partial charge is 0.134 e. The van der Waals surface area contributed by atoms with Gasteiger partial charge in [0, 0.05) is 5.39 Å². The van der Waals surface area contributed by atoms with Gasteiger partial charge in [-0.25, -0.2) is 0 Å². The molecule has 2 aromatic rings. The minimum Gasteiger partial charge on any atom is -0.459 e. The fraction of sp³-hybridized carbons (Fsp3) is 0.467. The van der Waals surface area contributed by atoms with Crippen molar-refractivity contribution in [3.8, 4) is 0 Å². The molecule has 0 aliphatic heterocycles. The number of rotatable bonds is 5. The third-order valence-electron chi connectivity index (χ3n) is 3.70. The van der Waals surface area contributed by atoms with E-state index < -0.39 is 0 Å². The van der Waals surface area contributed by atoms with E-state index in [1.807, 2.05) is 19.2 Å². The van der Waals surface area contributed by atoms with Crippen LogP contribution in [0, 0.1) is 5.92 Å². The lowest BCUT2D eigenvalue weighted by Crippen LogP contribution is -2.15. The Morgan fingerprint density at radius 3 is 2.88 bits per heavy atom. The molecular weight excluding hydrogens is 210 g/mol. The molecule has 1 atom stereocenters. The fourth-order valence-electron chi connectivity index (χ4n) is 2.41. The summed E-state index contributed by atoms with van der Waals surface area (Å²) in [5, 5.41) is 4.57. The lowest BCUT2D eigenvalue weighted by molar-refractivity contribution is 0.417. The molecule has 90 valence electrons. The van der Waals surface area contributed by atoms with Crippen molar-refractivity contribution < 1.29 is 4.42 Å². The van der Waals surface area contributed by atoms with Gasteiger partial charge >= 0.3 is 0 Å². The number of furan rings is 1. The maximum atomic E-state index is 5.91. The van der Waals surface area contributed by atoms with Gasteiger partial charge in [-0.2, -0.15) is 0 Å². The number of hydrogen-bond acceptors (Lipinski definition) is 2. The summed E-state index contributed by atoms with van der Waals surface area (Å²) in [5.41, 5.74) is 0.995. The normalized spacial score (nSPS) is 17.5. The van der Waals surface area contributed by atoms with E-state index in [4.69, 9.17) is 4.42 Å². The zero-order valence-corrected chi connectivity index (χ0v) is 10.3. The molecule has 1 unspecified atom stereocenters. The first-order chi connectivity index (χ1) is 8.36. The lowest BCUT2D eigenvalue weighted by Gasteiger charge is -2.12. The number of fused-ring (bicyclic) bond motifs is 1. The van der Waals surface area contributed by atoms with Crippen LogP contribution in [0.2, 0.25) is 0 Å². The van der Waals surface area contributed by atoms with Gasteiger partial charge in [-0.05, 0) is 37.9 Å². The Kier molecular flexibility index (Phi) is 2.89. The number of nitrogens with one attached hydrogen (secondary N) is 1. The van der Waals surface area contributed by atoms with Crippen LogP contribution in [0.25, 0.3) is 11.0 Å². The Bertz CT molecular complexity index is 465. The van der Waals surface area contributed by atoms with E-state index in [9.17, 15) is 0 Å². The standard InChI is InChI=1S/C15H19NO/c1-16-13(9-8-11-6-7-11)15-10-12-4-2-3-5-14(12)17-15/h2-5,10-11,13,16H,6-9H2,1H3. The van der Waals surface area contributed by atoms with Gasteiger partial charge in [-0.15, -0.1) is 0 Å². The Balaban J connectivity index is 1.78. The van der Waals surface area contributed by atoms with E-state index >= 15 is 0 Å². The van der Waals surface area contributed by atoms with Crippen LogP contribution in [0.4, 0.5) is 0 Å². The van der Waals surface area contributed by atoms with Crippen LogP contribution in [0.1, 0.15) is 37.5 Å². The van der Waals surface area contributed by atoms with Gasteiger partial charge in [0.15, 0.2) is 0 Å². The van der Waals surface area contributed by atoms with Crippen LogP contribution in [0.5, 0.6) is 0 Å². The second-order valence-electron chi connectivity index (χ2n) is 5.05. The van der Waals surface area contributed by atoms with E-state index in [-0.39, 0.29) is 0 Å². The summed E-state index contributed by atoms with van der Waals surface area (Å²) in [7, 11) is 2.02. The van der Waals surface area contributed by atoms with Gasteiger partial charge in [0.25, 0.3) is 0 Å². The van der Waals surface area contributed by atoms with Crippen LogP contribution >= 0.6 is 0 Å². The molecule has 1 aromatic heterocycles. The second-order valence-corrected chi connectivity index (χ2v) is 5.05. The highest BCUT2D eigenvalue weighted by Crippen LogP contribution is 2.36. The van der Waals surface area contributed by atoms with Gasteiger partial charge in [0.1, 0.15) is 11.3 Å². The molecule has 2 nitrogen and oxygen atoms in total. The van der Waals surface area contributed by atoms with E-state index in [1.54, 1.807) is 0 Å². The van der Waals surface area contributed by atoms with Gasteiger partial charge in [0.2, 0.25) is 0 Å². The highest BCUT2D eigenvalue weighted by Gasteiger charge is 2.23. The van der Waals surface area contributed by atoms with Crippen molar-refractivity contribution in [1.82, 2.24) is 5.32 Å². The molecule has 0 saturated heterocycles. The SMILES string of the molecule is CNC(CCC1CC1)c1cc2ccccc2o1. The summed E-state index contributed by atoms with van der Waals surface area (Å²) in [6.07, 6.45) is 5.36. The van der Waals surface area contributed by atoms with E-state index in [2.05, 4.69) is 23.5 Å². The Morgan fingerprint density at radius 1 is 1.35 bits per heavy atom. The Hall–Kier alpha value is -1.28. The third-order valence-corrected chi connectivity index (χ3v) is 3.70. The van der Waals surface area contributed by atoms with Crippen molar-refractivity contribution in [1.29, 1.82) is 0 Å². The maximum Gasteiger partial charge on any atom is 0.134 e. The quantitative estimate of drug-likeness (QED) is 0.841. The summed E-state index contributed by atoms with van der Waals surface area (Å²) in [6, 6.07) is 10.8.